The smallest absolute Gasteiger partial charge is 0.0172 e. The Labute approximate surface area is 91.1 Å². The molecule has 0 aromatic heterocycles. The van der Waals surface area contributed by atoms with Crippen LogP contribution in [0.4, 0.5) is 0 Å². The van der Waals surface area contributed by atoms with E-state index in [2.05, 4.69) is 55.9 Å². The molecule has 1 atom stereocenters. The second-order valence-electron chi connectivity index (χ2n) is 4.56. The minimum Gasteiger partial charge on any atom is -0.155 e. The molecule has 1 saturated heterocycles. The Kier molecular flexibility index (Phi) is 2.87. The number of hydrogen-bond acceptors (Lipinski definition) is 1. The van der Waals surface area contributed by atoms with Gasteiger partial charge in [0.1, 0.15) is 0 Å². The Morgan fingerprint density at radius 2 is 1.93 bits per heavy atom. The molecular formula is C13H18S. The molecule has 14 heavy (non-hydrogen) atoms. The minimum absolute atomic E-state index is 0.416. The Morgan fingerprint density at radius 1 is 1.21 bits per heavy atom. The molecule has 1 fully saturated rings. The van der Waals surface area contributed by atoms with Gasteiger partial charge in [0, 0.05) is 4.75 Å². The molecule has 1 aromatic rings. The summed E-state index contributed by atoms with van der Waals surface area (Å²) < 4.78 is 0.416. The average molecular weight is 206 g/mol. The Balaban J connectivity index is 2.24. The van der Waals surface area contributed by atoms with E-state index in [4.69, 9.17) is 0 Å². The van der Waals surface area contributed by atoms with Crippen LogP contribution in [0.15, 0.2) is 30.3 Å². The van der Waals surface area contributed by atoms with E-state index in [0.29, 0.717) is 4.75 Å². The number of rotatable bonds is 1. The van der Waals surface area contributed by atoms with Gasteiger partial charge in [-0.2, -0.15) is 11.8 Å². The Bertz CT molecular complexity index is 289. The lowest BCUT2D eigenvalue weighted by Gasteiger charge is -2.38. The molecule has 0 bridgehead atoms. The summed E-state index contributed by atoms with van der Waals surface area (Å²) in [6.45, 7) is 4.77. The fraction of sp³-hybridized carbons (Fsp3) is 0.538. The molecule has 76 valence electrons. The zero-order valence-corrected chi connectivity index (χ0v) is 9.81. The molecule has 0 spiro atoms. The molecule has 0 nitrogen and oxygen atoms in total. The summed E-state index contributed by atoms with van der Waals surface area (Å²) in [6.07, 6.45) is 2.72. The second-order valence-corrected chi connectivity index (χ2v) is 6.31. The molecule has 1 unspecified atom stereocenters. The molecule has 0 N–H and O–H groups in total. The highest BCUT2D eigenvalue weighted by atomic mass is 32.2. The van der Waals surface area contributed by atoms with Gasteiger partial charge in [0.25, 0.3) is 0 Å². The third kappa shape index (κ3) is 1.98. The first-order valence-electron chi connectivity index (χ1n) is 5.39. The van der Waals surface area contributed by atoms with Gasteiger partial charge in [-0.25, -0.2) is 0 Å². The van der Waals surface area contributed by atoms with Gasteiger partial charge >= 0.3 is 0 Å². The van der Waals surface area contributed by atoms with Crippen LogP contribution in [0.1, 0.15) is 38.2 Å². The fourth-order valence-corrected chi connectivity index (χ4v) is 3.62. The maximum absolute atomic E-state index is 2.38. The summed E-state index contributed by atoms with van der Waals surface area (Å²) in [6, 6.07) is 11.0. The zero-order chi connectivity index (χ0) is 10.0. The SMILES string of the molecule is CC1(C)SCCCC1c1ccccc1. The van der Waals surface area contributed by atoms with Gasteiger partial charge in [0.2, 0.25) is 0 Å². The van der Waals surface area contributed by atoms with Crippen molar-refractivity contribution in [1.82, 2.24) is 0 Å². The van der Waals surface area contributed by atoms with Crippen molar-refractivity contribution in [2.24, 2.45) is 0 Å². The second kappa shape index (κ2) is 3.98. The predicted octanol–water partition coefficient (Wildman–Crippen LogP) is 4.08. The van der Waals surface area contributed by atoms with Crippen molar-refractivity contribution >= 4 is 11.8 Å². The average Bonchev–Trinajstić information content (AvgIpc) is 2.18. The van der Waals surface area contributed by atoms with Crippen LogP contribution in [0, 0.1) is 0 Å². The first-order valence-corrected chi connectivity index (χ1v) is 6.37. The number of benzene rings is 1. The lowest BCUT2D eigenvalue weighted by molar-refractivity contribution is 0.487. The first kappa shape index (κ1) is 10.1. The maximum atomic E-state index is 2.38. The van der Waals surface area contributed by atoms with Crippen molar-refractivity contribution in [3.05, 3.63) is 35.9 Å². The van der Waals surface area contributed by atoms with Crippen LogP contribution >= 0.6 is 11.8 Å². The fourth-order valence-electron chi connectivity index (χ4n) is 2.32. The molecule has 1 aliphatic rings. The molecule has 0 amide bonds. The van der Waals surface area contributed by atoms with E-state index in [1.807, 2.05) is 0 Å². The largest absolute Gasteiger partial charge is 0.155 e. The van der Waals surface area contributed by atoms with Crippen molar-refractivity contribution < 1.29 is 0 Å². The standard InChI is InChI=1S/C13H18S/c1-13(2)12(9-6-10-14-13)11-7-4-3-5-8-11/h3-5,7-8,12H,6,9-10H2,1-2H3. The highest BCUT2D eigenvalue weighted by Gasteiger charge is 2.33. The third-order valence-corrected chi connectivity index (χ3v) is 4.67. The molecule has 0 radical (unpaired) electrons. The highest BCUT2D eigenvalue weighted by Crippen LogP contribution is 2.45. The van der Waals surface area contributed by atoms with Gasteiger partial charge in [-0.1, -0.05) is 44.2 Å². The molecule has 1 heterocycles. The van der Waals surface area contributed by atoms with Crippen molar-refractivity contribution in [1.29, 1.82) is 0 Å². The number of thioether (sulfide) groups is 1. The highest BCUT2D eigenvalue weighted by molar-refractivity contribution is 8.00. The van der Waals surface area contributed by atoms with Crippen molar-refractivity contribution in [2.75, 3.05) is 5.75 Å². The van der Waals surface area contributed by atoms with Crippen LogP contribution in [0.5, 0.6) is 0 Å². The Morgan fingerprint density at radius 3 is 2.57 bits per heavy atom. The first-order chi connectivity index (χ1) is 6.70. The topological polar surface area (TPSA) is 0 Å². The molecule has 0 aliphatic carbocycles. The zero-order valence-electron chi connectivity index (χ0n) is 8.99. The van der Waals surface area contributed by atoms with E-state index in [-0.39, 0.29) is 0 Å². The van der Waals surface area contributed by atoms with E-state index in [9.17, 15) is 0 Å². The Hall–Kier alpha value is -0.430. The summed E-state index contributed by atoms with van der Waals surface area (Å²) in [5.41, 5.74) is 1.52. The summed E-state index contributed by atoms with van der Waals surface area (Å²) in [7, 11) is 0. The van der Waals surface area contributed by atoms with Crippen LogP contribution in [0.3, 0.4) is 0 Å². The van der Waals surface area contributed by atoms with Crippen LogP contribution < -0.4 is 0 Å². The molecule has 1 aromatic carbocycles. The summed E-state index contributed by atoms with van der Waals surface area (Å²) in [5, 5.41) is 0. The van der Waals surface area contributed by atoms with E-state index < -0.39 is 0 Å². The van der Waals surface area contributed by atoms with E-state index in [1.165, 1.54) is 24.2 Å². The summed E-state index contributed by atoms with van der Waals surface area (Å²) in [4.78, 5) is 0. The monoisotopic (exact) mass is 206 g/mol. The van der Waals surface area contributed by atoms with Crippen molar-refractivity contribution in [2.45, 2.75) is 37.4 Å². The van der Waals surface area contributed by atoms with Gasteiger partial charge in [-0.05, 0) is 30.1 Å². The van der Waals surface area contributed by atoms with E-state index in [0.717, 1.165) is 5.92 Å². The van der Waals surface area contributed by atoms with Gasteiger partial charge in [0.05, 0.1) is 0 Å². The van der Waals surface area contributed by atoms with Gasteiger partial charge in [-0.3, -0.25) is 0 Å². The van der Waals surface area contributed by atoms with Crippen LogP contribution in [-0.2, 0) is 0 Å². The lowest BCUT2D eigenvalue weighted by atomic mass is 9.84. The third-order valence-electron chi connectivity index (χ3n) is 3.15. The number of hydrogen-bond donors (Lipinski definition) is 0. The molecular weight excluding hydrogens is 188 g/mol. The quantitative estimate of drug-likeness (QED) is 0.667. The minimum atomic E-state index is 0.416. The predicted molar refractivity (Wildman–Crippen MR) is 65.0 cm³/mol. The van der Waals surface area contributed by atoms with Crippen molar-refractivity contribution in [3.63, 3.8) is 0 Å². The lowest BCUT2D eigenvalue weighted by Crippen LogP contribution is -2.29. The molecule has 2 rings (SSSR count). The van der Waals surface area contributed by atoms with Crippen LogP contribution in [0.2, 0.25) is 0 Å². The summed E-state index contributed by atoms with van der Waals surface area (Å²) in [5.74, 6) is 2.07. The van der Waals surface area contributed by atoms with Gasteiger partial charge in [0.15, 0.2) is 0 Å². The van der Waals surface area contributed by atoms with Crippen molar-refractivity contribution in [3.8, 4) is 0 Å². The maximum Gasteiger partial charge on any atom is 0.0172 e. The normalized spacial score (nSPS) is 26.0. The molecule has 1 aliphatic heterocycles. The molecule has 0 saturated carbocycles. The van der Waals surface area contributed by atoms with Gasteiger partial charge < -0.3 is 0 Å². The van der Waals surface area contributed by atoms with Crippen LogP contribution in [0.25, 0.3) is 0 Å². The van der Waals surface area contributed by atoms with Crippen LogP contribution in [-0.4, -0.2) is 10.5 Å². The summed E-state index contributed by atoms with van der Waals surface area (Å²) >= 11 is 2.12. The van der Waals surface area contributed by atoms with E-state index >= 15 is 0 Å². The molecule has 1 heteroatoms. The van der Waals surface area contributed by atoms with Gasteiger partial charge in [-0.15, -0.1) is 0 Å². The van der Waals surface area contributed by atoms with E-state index in [1.54, 1.807) is 0 Å².